The summed E-state index contributed by atoms with van der Waals surface area (Å²) >= 11 is 0. The Bertz CT molecular complexity index is 932. The van der Waals surface area contributed by atoms with Crippen molar-refractivity contribution in [1.82, 2.24) is 5.32 Å². The van der Waals surface area contributed by atoms with E-state index in [2.05, 4.69) is 5.32 Å². The van der Waals surface area contributed by atoms with Gasteiger partial charge in [-0.3, -0.25) is 9.59 Å². The first kappa shape index (κ1) is 17.3. The highest BCUT2D eigenvalue weighted by molar-refractivity contribution is 6.01. The van der Waals surface area contributed by atoms with Gasteiger partial charge in [0, 0.05) is 5.56 Å². The third kappa shape index (κ3) is 3.21. The van der Waals surface area contributed by atoms with E-state index < -0.39 is 6.04 Å². The maximum Gasteiger partial charge on any atom is 0.252 e. The van der Waals surface area contributed by atoms with E-state index >= 15 is 0 Å². The number of nitrogens with one attached hydrogen (secondary N) is 1. The van der Waals surface area contributed by atoms with Crippen LogP contribution in [-0.2, 0) is 4.79 Å². The zero-order chi connectivity index (χ0) is 19.0. The van der Waals surface area contributed by atoms with Gasteiger partial charge in [0.2, 0.25) is 6.79 Å². The highest BCUT2D eigenvalue weighted by Gasteiger charge is 2.33. The molecule has 1 aliphatic carbocycles. The average molecular weight is 363 g/mol. The van der Waals surface area contributed by atoms with Gasteiger partial charge in [-0.2, -0.15) is 0 Å². The van der Waals surface area contributed by atoms with Gasteiger partial charge in [0.05, 0.1) is 12.0 Å². The third-order valence-corrected chi connectivity index (χ3v) is 5.00. The van der Waals surface area contributed by atoms with E-state index in [1.807, 2.05) is 50.3 Å². The van der Waals surface area contributed by atoms with Crippen molar-refractivity contribution in [2.45, 2.75) is 25.8 Å². The first-order valence-corrected chi connectivity index (χ1v) is 9.06. The van der Waals surface area contributed by atoms with Crippen molar-refractivity contribution >= 4 is 17.8 Å². The van der Waals surface area contributed by atoms with Crippen LogP contribution < -0.4 is 14.8 Å². The van der Waals surface area contributed by atoms with Gasteiger partial charge in [-0.05, 0) is 35.2 Å². The van der Waals surface area contributed by atoms with Crippen LogP contribution in [0, 0.1) is 5.92 Å². The van der Waals surface area contributed by atoms with Crippen molar-refractivity contribution in [1.29, 1.82) is 0 Å². The Kier molecular flexibility index (Phi) is 4.44. The number of fused-ring (bicyclic) bond motifs is 2. The van der Waals surface area contributed by atoms with Crippen LogP contribution in [0.3, 0.4) is 0 Å². The second-order valence-corrected chi connectivity index (χ2v) is 7.13. The quantitative estimate of drug-likeness (QED) is 0.882. The van der Waals surface area contributed by atoms with Crippen molar-refractivity contribution in [3.05, 3.63) is 65.2 Å². The number of carbonyl (C=O) groups excluding carboxylic acids is 2. The average Bonchev–Trinajstić information content (AvgIpc) is 3.31. The molecule has 1 unspecified atom stereocenters. The number of Topliss-reactive ketones (excluding diaryl/α,β-unsaturated/α-hetero) is 1. The minimum Gasteiger partial charge on any atom is -0.454 e. The predicted molar refractivity (Wildman–Crippen MR) is 102 cm³/mol. The first-order valence-electron chi connectivity index (χ1n) is 9.06. The highest BCUT2D eigenvalue weighted by atomic mass is 16.7. The zero-order valence-electron chi connectivity index (χ0n) is 15.3. The molecule has 27 heavy (non-hydrogen) atoms. The maximum atomic E-state index is 13.2. The van der Waals surface area contributed by atoms with Crippen LogP contribution in [0.5, 0.6) is 11.5 Å². The van der Waals surface area contributed by atoms with Crippen LogP contribution in [0.1, 0.15) is 41.3 Å². The molecule has 4 rings (SSSR count). The van der Waals surface area contributed by atoms with E-state index in [0.29, 0.717) is 17.1 Å². The molecule has 0 spiro atoms. The molecule has 5 heteroatoms. The lowest BCUT2D eigenvalue weighted by atomic mass is 9.87. The molecular weight excluding hydrogens is 342 g/mol. The van der Waals surface area contributed by atoms with Crippen molar-refractivity contribution in [2.75, 3.05) is 6.79 Å². The van der Waals surface area contributed by atoms with Gasteiger partial charge in [0.25, 0.3) is 5.91 Å². The summed E-state index contributed by atoms with van der Waals surface area (Å²) in [5.74, 6) is 0.511. The van der Waals surface area contributed by atoms with Crippen molar-refractivity contribution in [2.24, 2.45) is 5.92 Å². The van der Waals surface area contributed by atoms with E-state index in [-0.39, 0.29) is 30.3 Å². The van der Waals surface area contributed by atoms with Crippen LogP contribution in [0.25, 0.3) is 6.08 Å². The molecule has 0 saturated heterocycles. The third-order valence-electron chi connectivity index (χ3n) is 5.00. The fourth-order valence-electron chi connectivity index (χ4n) is 3.52. The molecule has 1 N–H and O–H groups in total. The maximum absolute atomic E-state index is 13.2. The fourth-order valence-corrected chi connectivity index (χ4v) is 3.52. The monoisotopic (exact) mass is 363 g/mol. The zero-order valence-corrected chi connectivity index (χ0v) is 15.3. The predicted octanol–water partition coefficient (Wildman–Crippen LogP) is 3.55. The number of amides is 1. The number of allylic oxidation sites excluding steroid dienone is 1. The van der Waals surface area contributed by atoms with Crippen LogP contribution in [-0.4, -0.2) is 24.5 Å². The second kappa shape index (κ2) is 6.91. The number of ether oxygens (including phenoxy) is 2. The number of carbonyl (C=O) groups is 2. The van der Waals surface area contributed by atoms with E-state index in [9.17, 15) is 9.59 Å². The fraction of sp³-hybridized carbons (Fsp3) is 0.273. The summed E-state index contributed by atoms with van der Waals surface area (Å²) < 4.78 is 10.6. The molecule has 1 aliphatic heterocycles. The van der Waals surface area contributed by atoms with Gasteiger partial charge < -0.3 is 14.8 Å². The number of rotatable bonds is 5. The molecule has 0 bridgehead atoms. The minimum atomic E-state index is -0.580. The molecule has 2 aliphatic rings. The summed E-state index contributed by atoms with van der Waals surface area (Å²) in [6.45, 7) is 4.03. The normalized spacial score (nSPS) is 17.7. The lowest BCUT2D eigenvalue weighted by Crippen LogP contribution is -2.46. The Morgan fingerprint density at radius 2 is 1.85 bits per heavy atom. The van der Waals surface area contributed by atoms with Crippen LogP contribution >= 0.6 is 0 Å². The summed E-state index contributed by atoms with van der Waals surface area (Å²) in [6.07, 6.45) is 3.88. The van der Waals surface area contributed by atoms with Crippen LogP contribution in [0.4, 0.5) is 0 Å². The molecule has 2 aromatic rings. The van der Waals surface area contributed by atoms with E-state index in [1.165, 1.54) is 0 Å². The SMILES string of the molecule is CC(C)[C@H](NC(=O)c1ccc2c(c1)OCO2)C(=O)C1C=Cc2ccccc21. The van der Waals surface area contributed by atoms with Crippen molar-refractivity contribution in [3.63, 3.8) is 0 Å². The topological polar surface area (TPSA) is 64.6 Å². The molecule has 5 nitrogen and oxygen atoms in total. The molecule has 1 heterocycles. The summed E-state index contributed by atoms with van der Waals surface area (Å²) in [5, 5.41) is 2.91. The van der Waals surface area contributed by atoms with Gasteiger partial charge in [0.1, 0.15) is 0 Å². The van der Waals surface area contributed by atoms with Gasteiger partial charge in [-0.1, -0.05) is 50.3 Å². The lowest BCUT2D eigenvalue weighted by Gasteiger charge is -2.24. The first-order chi connectivity index (χ1) is 13.0. The number of hydrogen-bond acceptors (Lipinski definition) is 4. The molecular formula is C22H21NO4. The van der Waals surface area contributed by atoms with E-state index in [4.69, 9.17) is 9.47 Å². The van der Waals surface area contributed by atoms with Gasteiger partial charge in [-0.25, -0.2) is 0 Å². The van der Waals surface area contributed by atoms with Crippen molar-refractivity contribution < 1.29 is 19.1 Å². The Balaban J connectivity index is 1.54. The summed E-state index contributed by atoms with van der Waals surface area (Å²) in [5.41, 5.74) is 2.49. The molecule has 1 amide bonds. The minimum absolute atomic E-state index is 0.000272. The second-order valence-electron chi connectivity index (χ2n) is 7.13. The van der Waals surface area contributed by atoms with Gasteiger partial charge in [0.15, 0.2) is 17.3 Å². The molecule has 2 atom stereocenters. The molecule has 0 saturated carbocycles. The lowest BCUT2D eigenvalue weighted by molar-refractivity contribution is -0.122. The van der Waals surface area contributed by atoms with Crippen molar-refractivity contribution in [3.8, 4) is 11.5 Å². The standard InChI is InChI=1S/C22H21NO4/c1-13(2)20(21(24)17-9-7-14-5-3-4-6-16(14)17)23-22(25)15-8-10-18-19(11-15)27-12-26-18/h3-11,13,17,20H,12H2,1-2H3,(H,23,25)/t17?,20-/m0/s1. The molecule has 0 aromatic heterocycles. The largest absolute Gasteiger partial charge is 0.454 e. The smallest absolute Gasteiger partial charge is 0.252 e. The Morgan fingerprint density at radius 1 is 1.07 bits per heavy atom. The van der Waals surface area contributed by atoms with Crippen LogP contribution in [0.15, 0.2) is 48.5 Å². The molecule has 0 fully saturated rings. The summed E-state index contributed by atoms with van der Waals surface area (Å²) in [7, 11) is 0. The Hall–Kier alpha value is -3.08. The summed E-state index contributed by atoms with van der Waals surface area (Å²) in [6, 6.07) is 12.3. The van der Waals surface area contributed by atoms with Gasteiger partial charge >= 0.3 is 0 Å². The number of ketones is 1. The van der Waals surface area contributed by atoms with E-state index in [1.54, 1.807) is 18.2 Å². The molecule has 138 valence electrons. The number of hydrogen-bond donors (Lipinski definition) is 1. The molecule has 0 radical (unpaired) electrons. The Morgan fingerprint density at radius 3 is 2.67 bits per heavy atom. The van der Waals surface area contributed by atoms with E-state index in [0.717, 1.165) is 11.1 Å². The Labute approximate surface area is 158 Å². The molecule has 2 aromatic carbocycles. The summed E-state index contributed by atoms with van der Waals surface area (Å²) in [4.78, 5) is 25.9. The number of benzene rings is 2. The highest BCUT2D eigenvalue weighted by Crippen LogP contribution is 2.34. The van der Waals surface area contributed by atoms with Crippen LogP contribution in [0.2, 0.25) is 0 Å². The van der Waals surface area contributed by atoms with Gasteiger partial charge in [-0.15, -0.1) is 0 Å².